The fourth-order valence-corrected chi connectivity index (χ4v) is 9.39. The lowest BCUT2D eigenvalue weighted by molar-refractivity contribution is -0.145. The lowest BCUT2D eigenvalue weighted by atomic mass is 9.82. The number of aromatic nitrogens is 5. The van der Waals surface area contributed by atoms with E-state index in [0.717, 1.165) is 5.39 Å². The standard InChI is InChI=1S/C29H34N6O5Si/c1-18-26(41(3,4)39)25(11-13-34-17-20(12-14-36)31-32-34)40-29(18)23-15-21(9-10-24(23)33(2)28(29)38)35-27(37)22-8-6-5-7-19(22)16-30-35/h5-10,15-18,25-26,36,39H,11-14H2,1-4H3/t18-,25+,26-,29+/m0/s1. The Balaban J connectivity index is 1.41. The summed E-state index contributed by atoms with van der Waals surface area (Å²) in [6.45, 7) is 6.24. The van der Waals surface area contributed by atoms with Crippen LogP contribution in [0.15, 0.2) is 59.7 Å². The van der Waals surface area contributed by atoms with Crippen LogP contribution in [0.5, 0.6) is 0 Å². The lowest BCUT2D eigenvalue weighted by Crippen LogP contribution is -2.45. The molecule has 1 spiro atoms. The maximum atomic E-state index is 14.1. The summed E-state index contributed by atoms with van der Waals surface area (Å²) < 4.78 is 9.87. The number of benzene rings is 2. The predicted octanol–water partition coefficient (Wildman–Crippen LogP) is 2.38. The Morgan fingerprint density at radius 3 is 2.68 bits per heavy atom. The summed E-state index contributed by atoms with van der Waals surface area (Å²) in [4.78, 5) is 40.5. The van der Waals surface area contributed by atoms with Crippen LogP contribution in [0.1, 0.15) is 24.6 Å². The van der Waals surface area contributed by atoms with Crippen LogP contribution < -0.4 is 10.5 Å². The van der Waals surface area contributed by atoms with E-state index in [1.807, 2.05) is 50.3 Å². The quantitative estimate of drug-likeness (QED) is 0.321. The van der Waals surface area contributed by atoms with Gasteiger partial charge < -0.3 is 19.5 Å². The third-order valence-corrected chi connectivity index (χ3v) is 11.1. The fourth-order valence-electron chi connectivity index (χ4n) is 6.78. The van der Waals surface area contributed by atoms with Gasteiger partial charge in [0, 0.05) is 55.2 Å². The Kier molecular flexibility index (Phi) is 6.68. The SMILES string of the molecule is C[C@H]1[C@H]([Si](C)(C)O)[C@@H](CCn2cc(CCO)nn2)O[C@]12C(=O)N(C)c1ccc(-n3ncc4ccccc4c3=O)cc12. The van der Waals surface area contributed by atoms with Gasteiger partial charge in [-0.05, 0) is 43.8 Å². The molecule has 2 aromatic carbocycles. The zero-order valence-electron chi connectivity index (χ0n) is 23.6. The van der Waals surface area contributed by atoms with Gasteiger partial charge in [0.2, 0.25) is 0 Å². The van der Waals surface area contributed by atoms with Crippen molar-refractivity contribution < 1.29 is 19.4 Å². The molecule has 0 radical (unpaired) electrons. The van der Waals surface area contributed by atoms with E-state index in [4.69, 9.17) is 4.74 Å². The van der Waals surface area contributed by atoms with E-state index in [1.54, 1.807) is 41.2 Å². The van der Waals surface area contributed by atoms with E-state index < -0.39 is 20.0 Å². The Morgan fingerprint density at radius 1 is 1.15 bits per heavy atom. The van der Waals surface area contributed by atoms with Gasteiger partial charge in [0.25, 0.3) is 11.5 Å². The average molecular weight is 575 g/mol. The summed E-state index contributed by atoms with van der Waals surface area (Å²) in [6, 6.07) is 12.8. The molecule has 41 heavy (non-hydrogen) atoms. The molecule has 4 heterocycles. The summed E-state index contributed by atoms with van der Waals surface area (Å²) in [5.41, 5.74) is 0.823. The molecular formula is C29H34N6O5Si. The molecule has 0 unspecified atom stereocenters. The molecule has 4 aromatic rings. The highest BCUT2D eigenvalue weighted by atomic mass is 28.4. The van der Waals surface area contributed by atoms with E-state index in [-0.39, 0.29) is 29.5 Å². The van der Waals surface area contributed by atoms with Crippen molar-refractivity contribution in [2.45, 2.75) is 56.7 Å². The minimum Gasteiger partial charge on any atom is -0.432 e. The molecule has 0 aliphatic carbocycles. The lowest BCUT2D eigenvalue weighted by Gasteiger charge is -2.32. The molecule has 2 aliphatic heterocycles. The van der Waals surface area contributed by atoms with Crippen molar-refractivity contribution in [3.63, 3.8) is 0 Å². The van der Waals surface area contributed by atoms with Crippen molar-refractivity contribution in [3.05, 3.63) is 76.5 Å². The number of rotatable bonds is 7. The number of aliphatic hydroxyl groups is 1. The molecule has 4 atom stereocenters. The van der Waals surface area contributed by atoms with Crippen LogP contribution in [-0.2, 0) is 28.1 Å². The summed E-state index contributed by atoms with van der Waals surface area (Å²) >= 11 is 0. The van der Waals surface area contributed by atoms with Crippen LogP contribution in [0, 0.1) is 5.92 Å². The molecule has 2 N–H and O–H groups in total. The number of fused-ring (bicyclic) bond motifs is 3. The monoisotopic (exact) mass is 574 g/mol. The van der Waals surface area contributed by atoms with Gasteiger partial charge in [-0.2, -0.15) is 9.78 Å². The predicted molar refractivity (Wildman–Crippen MR) is 155 cm³/mol. The molecule has 6 rings (SSSR count). The fraction of sp³-hybridized carbons (Fsp3) is 0.414. The maximum Gasteiger partial charge on any atom is 0.279 e. The largest absolute Gasteiger partial charge is 0.432 e. The van der Waals surface area contributed by atoms with Gasteiger partial charge in [-0.25, -0.2) is 0 Å². The topological polar surface area (TPSA) is 136 Å². The van der Waals surface area contributed by atoms with E-state index in [9.17, 15) is 19.5 Å². The second-order valence-corrected chi connectivity index (χ2v) is 15.6. The Labute approximate surface area is 238 Å². The summed E-state index contributed by atoms with van der Waals surface area (Å²) in [5.74, 6) is -0.514. The third kappa shape index (κ3) is 4.33. The van der Waals surface area contributed by atoms with Gasteiger partial charge >= 0.3 is 0 Å². The van der Waals surface area contributed by atoms with Crippen molar-refractivity contribution >= 4 is 30.7 Å². The summed E-state index contributed by atoms with van der Waals surface area (Å²) in [5, 5.41) is 23.2. The van der Waals surface area contributed by atoms with Crippen molar-refractivity contribution in [1.29, 1.82) is 0 Å². The molecule has 1 fully saturated rings. The molecule has 0 bridgehead atoms. The number of carbonyl (C=O) groups excluding carboxylic acids is 1. The van der Waals surface area contributed by atoms with Gasteiger partial charge in [-0.15, -0.1) is 5.10 Å². The molecule has 2 aromatic heterocycles. The molecule has 1 amide bonds. The van der Waals surface area contributed by atoms with Gasteiger partial charge in [0.1, 0.15) is 0 Å². The van der Waals surface area contributed by atoms with E-state index in [1.165, 1.54) is 4.68 Å². The molecule has 214 valence electrons. The van der Waals surface area contributed by atoms with Gasteiger partial charge in [-0.1, -0.05) is 30.3 Å². The van der Waals surface area contributed by atoms with Crippen LogP contribution in [0.2, 0.25) is 18.6 Å². The highest BCUT2D eigenvalue weighted by Crippen LogP contribution is 2.59. The van der Waals surface area contributed by atoms with Crippen molar-refractivity contribution in [3.8, 4) is 5.69 Å². The zero-order valence-corrected chi connectivity index (χ0v) is 24.6. The molecule has 0 saturated carbocycles. The first-order valence-electron chi connectivity index (χ1n) is 13.9. The van der Waals surface area contributed by atoms with Crippen molar-refractivity contribution in [1.82, 2.24) is 24.8 Å². The number of anilines is 1. The number of ether oxygens (including phenoxy) is 1. The summed E-state index contributed by atoms with van der Waals surface area (Å²) in [7, 11) is -1.09. The number of carbonyl (C=O) groups is 1. The molecule has 12 heteroatoms. The highest BCUT2D eigenvalue weighted by Gasteiger charge is 2.65. The number of hydrogen-bond acceptors (Lipinski definition) is 8. The third-order valence-electron chi connectivity index (χ3n) is 8.63. The van der Waals surface area contributed by atoms with Crippen LogP contribution in [0.4, 0.5) is 5.69 Å². The van der Waals surface area contributed by atoms with Crippen LogP contribution in [-0.4, -0.2) is 68.7 Å². The molecule has 11 nitrogen and oxygen atoms in total. The van der Waals surface area contributed by atoms with Crippen LogP contribution >= 0.6 is 0 Å². The zero-order chi connectivity index (χ0) is 29.1. The minimum absolute atomic E-state index is 0.00524. The first-order valence-corrected chi connectivity index (χ1v) is 16.9. The molecule has 1 saturated heterocycles. The van der Waals surface area contributed by atoms with Crippen molar-refractivity contribution in [2.24, 2.45) is 5.92 Å². The second kappa shape index (κ2) is 9.98. The van der Waals surface area contributed by atoms with E-state index in [2.05, 4.69) is 15.4 Å². The Bertz CT molecular complexity index is 1700. The smallest absolute Gasteiger partial charge is 0.279 e. The van der Waals surface area contributed by atoms with Crippen LogP contribution in [0.25, 0.3) is 16.5 Å². The maximum absolute atomic E-state index is 14.1. The second-order valence-electron chi connectivity index (χ2n) is 11.6. The molecule has 2 aliphatic rings. The summed E-state index contributed by atoms with van der Waals surface area (Å²) in [6.07, 6.45) is 4.00. The number of aryl methyl sites for hydroxylation is 1. The first kappa shape index (κ1) is 27.5. The number of aliphatic hydroxyl groups excluding tert-OH is 1. The van der Waals surface area contributed by atoms with Gasteiger partial charge in [-0.3, -0.25) is 14.3 Å². The van der Waals surface area contributed by atoms with Crippen molar-refractivity contribution in [2.75, 3.05) is 18.6 Å². The first-order chi connectivity index (χ1) is 19.6. The normalized spacial score (nSPS) is 24.1. The number of nitrogens with zero attached hydrogens (tertiary/aromatic N) is 6. The van der Waals surface area contributed by atoms with E-state index in [0.29, 0.717) is 47.4 Å². The Hall–Kier alpha value is -3.71. The number of hydrogen-bond donors (Lipinski definition) is 2. The average Bonchev–Trinajstić information content (AvgIpc) is 3.58. The Morgan fingerprint density at radius 2 is 1.93 bits per heavy atom. The molecular weight excluding hydrogens is 540 g/mol. The number of likely N-dealkylation sites (N-methyl/N-ethyl adjacent to an activating group) is 1. The van der Waals surface area contributed by atoms with Gasteiger partial charge in [0.15, 0.2) is 13.9 Å². The highest BCUT2D eigenvalue weighted by molar-refractivity contribution is 6.71. The van der Waals surface area contributed by atoms with E-state index >= 15 is 0 Å². The van der Waals surface area contributed by atoms with Crippen LogP contribution in [0.3, 0.4) is 0 Å². The minimum atomic E-state index is -2.82. The van der Waals surface area contributed by atoms with Gasteiger partial charge in [0.05, 0.1) is 34.8 Å². The number of amides is 1.